The molecule has 1 aromatic carbocycles. The maximum absolute atomic E-state index is 5.98. The van der Waals surface area contributed by atoms with Crippen molar-refractivity contribution in [2.75, 3.05) is 0 Å². The molecule has 2 aromatic rings. The Morgan fingerprint density at radius 1 is 1.47 bits per heavy atom. The van der Waals surface area contributed by atoms with Gasteiger partial charge in [-0.05, 0) is 25.1 Å². The van der Waals surface area contributed by atoms with Crippen molar-refractivity contribution in [3.63, 3.8) is 0 Å². The summed E-state index contributed by atoms with van der Waals surface area (Å²) in [7, 11) is 0. The lowest BCUT2D eigenvalue weighted by atomic mass is 10.3. The summed E-state index contributed by atoms with van der Waals surface area (Å²) in [5.74, 6) is 0.611. The van der Waals surface area contributed by atoms with E-state index in [0.29, 0.717) is 16.0 Å². The highest BCUT2D eigenvalue weighted by Gasteiger charge is 2.06. The summed E-state index contributed by atoms with van der Waals surface area (Å²) < 4.78 is 6.48. The van der Waals surface area contributed by atoms with Gasteiger partial charge in [-0.3, -0.25) is 0 Å². The topological polar surface area (TPSA) is 22.1 Å². The Hall–Kier alpha value is -0.580. The van der Waals surface area contributed by atoms with E-state index in [4.69, 9.17) is 16.3 Å². The summed E-state index contributed by atoms with van der Waals surface area (Å²) in [4.78, 5) is 4.20. The molecule has 0 spiro atoms. The molecule has 0 aliphatic carbocycles. The predicted octanol–water partition coefficient (Wildman–Crippen LogP) is 4.66. The van der Waals surface area contributed by atoms with E-state index in [-0.39, 0.29) is 0 Å². The first-order chi connectivity index (χ1) is 7.15. The summed E-state index contributed by atoms with van der Waals surface area (Å²) in [5.41, 5.74) is 0.945. The number of hydrogen-bond donors (Lipinski definition) is 0. The van der Waals surface area contributed by atoms with Gasteiger partial charge in [0.2, 0.25) is 0 Å². The minimum atomic E-state index is 0.575. The minimum Gasteiger partial charge on any atom is -0.429 e. The molecule has 1 aromatic heterocycles. The average Bonchev–Trinajstić information content (AvgIpc) is 2.58. The molecule has 0 unspecified atom stereocenters. The van der Waals surface area contributed by atoms with Crippen LogP contribution in [0.5, 0.6) is 10.9 Å². The van der Waals surface area contributed by atoms with Crippen molar-refractivity contribution in [2.24, 2.45) is 0 Å². The highest BCUT2D eigenvalue weighted by molar-refractivity contribution is 9.10. The fraction of sp³-hybridized carbons (Fsp3) is 0.100. The third-order valence-corrected chi connectivity index (χ3v) is 3.33. The van der Waals surface area contributed by atoms with Crippen LogP contribution in [-0.2, 0) is 0 Å². The second-order valence-corrected chi connectivity index (χ2v) is 5.08. The van der Waals surface area contributed by atoms with Gasteiger partial charge in [-0.25, -0.2) is 4.98 Å². The van der Waals surface area contributed by atoms with Crippen LogP contribution in [0, 0.1) is 6.92 Å². The second-order valence-electron chi connectivity index (χ2n) is 2.93. The van der Waals surface area contributed by atoms with Gasteiger partial charge in [-0.1, -0.05) is 38.9 Å². The van der Waals surface area contributed by atoms with Crippen molar-refractivity contribution in [3.05, 3.63) is 38.8 Å². The number of aromatic nitrogens is 1. The molecule has 1 heterocycles. The number of aryl methyl sites for hydroxylation is 1. The number of benzene rings is 1. The first kappa shape index (κ1) is 10.9. The lowest BCUT2D eigenvalue weighted by Gasteiger charge is -2.04. The van der Waals surface area contributed by atoms with Gasteiger partial charge in [0.15, 0.2) is 0 Å². The number of ether oxygens (including phenoxy) is 1. The quantitative estimate of drug-likeness (QED) is 0.805. The molecular weight excluding hydrogens is 298 g/mol. The molecule has 78 valence electrons. The molecule has 0 saturated carbocycles. The third kappa shape index (κ3) is 2.71. The van der Waals surface area contributed by atoms with Gasteiger partial charge in [0, 0.05) is 9.85 Å². The van der Waals surface area contributed by atoms with E-state index in [1.54, 1.807) is 6.07 Å². The Morgan fingerprint density at radius 2 is 2.27 bits per heavy atom. The maximum Gasteiger partial charge on any atom is 0.278 e. The van der Waals surface area contributed by atoms with E-state index in [2.05, 4.69) is 20.9 Å². The molecule has 0 aliphatic heterocycles. The molecule has 0 aliphatic rings. The van der Waals surface area contributed by atoms with Crippen molar-refractivity contribution >= 4 is 38.9 Å². The lowest BCUT2D eigenvalue weighted by Crippen LogP contribution is -1.84. The molecule has 0 atom stereocenters. The van der Waals surface area contributed by atoms with Gasteiger partial charge < -0.3 is 4.74 Å². The van der Waals surface area contributed by atoms with Gasteiger partial charge in [-0.15, -0.1) is 0 Å². The van der Waals surface area contributed by atoms with Gasteiger partial charge in [0.25, 0.3) is 5.19 Å². The van der Waals surface area contributed by atoms with E-state index >= 15 is 0 Å². The normalized spacial score (nSPS) is 10.3. The van der Waals surface area contributed by atoms with Crippen LogP contribution >= 0.6 is 38.9 Å². The Balaban J connectivity index is 2.27. The monoisotopic (exact) mass is 303 g/mol. The standard InChI is InChI=1S/C10H7BrClNOS/c1-6-5-15-10(13-6)14-9-4-7(11)2-3-8(9)12/h2-5H,1H3. The van der Waals surface area contributed by atoms with Gasteiger partial charge in [-0.2, -0.15) is 0 Å². The van der Waals surface area contributed by atoms with E-state index in [9.17, 15) is 0 Å². The van der Waals surface area contributed by atoms with Crippen molar-refractivity contribution in [1.29, 1.82) is 0 Å². The Morgan fingerprint density at radius 3 is 2.93 bits per heavy atom. The van der Waals surface area contributed by atoms with Crippen LogP contribution in [-0.4, -0.2) is 4.98 Å². The number of halogens is 2. The van der Waals surface area contributed by atoms with Crippen LogP contribution in [0.1, 0.15) is 5.69 Å². The zero-order chi connectivity index (χ0) is 10.8. The summed E-state index contributed by atoms with van der Waals surface area (Å²) >= 11 is 10.8. The smallest absolute Gasteiger partial charge is 0.278 e. The summed E-state index contributed by atoms with van der Waals surface area (Å²) in [6, 6.07) is 5.46. The molecule has 0 N–H and O–H groups in total. The van der Waals surface area contributed by atoms with Crippen LogP contribution in [0.2, 0.25) is 5.02 Å². The lowest BCUT2D eigenvalue weighted by molar-refractivity contribution is 0.478. The first-order valence-electron chi connectivity index (χ1n) is 4.20. The molecule has 2 nitrogen and oxygen atoms in total. The number of thiazole rings is 1. The average molecular weight is 305 g/mol. The molecule has 0 fully saturated rings. The van der Waals surface area contributed by atoms with Crippen LogP contribution in [0.15, 0.2) is 28.1 Å². The molecule has 0 radical (unpaired) electrons. The predicted molar refractivity (Wildman–Crippen MR) is 66.1 cm³/mol. The first-order valence-corrected chi connectivity index (χ1v) is 6.25. The van der Waals surface area contributed by atoms with Crippen LogP contribution in [0.3, 0.4) is 0 Å². The zero-order valence-corrected chi connectivity index (χ0v) is 11.0. The molecule has 2 rings (SSSR count). The maximum atomic E-state index is 5.98. The van der Waals surface area contributed by atoms with Crippen molar-refractivity contribution in [2.45, 2.75) is 6.92 Å². The van der Waals surface area contributed by atoms with Gasteiger partial charge in [0.1, 0.15) is 5.75 Å². The Bertz CT molecular complexity index is 486. The summed E-state index contributed by atoms with van der Waals surface area (Å²) in [6.07, 6.45) is 0. The molecule has 0 bridgehead atoms. The van der Waals surface area contributed by atoms with Crippen molar-refractivity contribution in [3.8, 4) is 10.9 Å². The van der Waals surface area contributed by atoms with E-state index in [1.807, 2.05) is 24.4 Å². The minimum absolute atomic E-state index is 0.575. The third-order valence-electron chi connectivity index (χ3n) is 1.69. The van der Waals surface area contributed by atoms with E-state index < -0.39 is 0 Å². The van der Waals surface area contributed by atoms with Crippen LogP contribution < -0.4 is 4.74 Å². The molecular formula is C10H7BrClNOS. The highest BCUT2D eigenvalue weighted by atomic mass is 79.9. The van der Waals surface area contributed by atoms with Crippen LogP contribution in [0.4, 0.5) is 0 Å². The summed E-state index contributed by atoms with van der Waals surface area (Å²) in [5, 5.41) is 3.11. The van der Waals surface area contributed by atoms with E-state index in [1.165, 1.54) is 11.3 Å². The molecule has 15 heavy (non-hydrogen) atoms. The van der Waals surface area contributed by atoms with Crippen LogP contribution in [0.25, 0.3) is 0 Å². The van der Waals surface area contributed by atoms with Crippen molar-refractivity contribution in [1.82, 2.24) is 4.98 Å². The Labute approximate surface area is 105 Å². The van der Waals surface area contributed by atoms with E-state index in [0.717, 1.165) is 10.2 Å². The highest BCUT2D eigenvalue weighted by Crippen LogP contribution is 2.33. The molecule has 0 amide bonds. The molecule has 5 heteroatoms. The largest absolute Gasteiger partial charge is 0.429 e. The fourth-order valence-corrected chi connectivity index (χ4v) is 2.18. The van der Waals surface area contributed by atoms with Gasteiger partial charge in [0.05, 0.1) is 10.7 Å². The Kier molecular flexibility index (Phi) is 3.29. The zero-order valence-electron chi connectivity index (χ0n) is 7.83. The SMILES string of the molecule is Cc1csc(Oc2cc(Br)ccc2Cl)n1. The number of nitrogens with zero attached hydrogens (tertiary/aromatic N) is 1. The number of hydrogen-bond acceptors (Lipinski definition) is 3. The molecule has 0 saturated heterocycles. The summed E-state index contributed by atoms with van der Waals surface area (Å²) in [6.45, 7) is 1.92. The fourth-order valence-electron chi connectivity index (χ4n) is 1.03. The second kappa shape index (κ2) is 4.51. The van der Waals surface area contributed by atoms with Crippen molar-refractivity contribution < 1.29 is 4.74 Å². The number of rotatable bonds is 2. The van der Waals surface area contributed by atoms with Gasteiger partial charge >= 0.3 is 0 Å².